The molecule has 0 saturated carbocycles. The fourth-order valence-corrected chi connectivity index (χ4v) is 0.326. The van der Waals surface area contributed by atoms with Gasteiger partial charge in [-0.15, -0.1) is 0 Å². The standard InChI is InChI=1S/C4H3ClNO/c1-3-4(5)7-2-6-3/h1H3. The number of halogens is 1. The van der Waals surface area contributed by atoms with Gasteiger partial charge in [0, 0.05) is 0 Å². The highest BCUT2D eigenvalue weighted by Gasteiger charge is 1.95. The van der Waals surface area contributed by atoms with Crippen LogP contribution in [0.5, 0.6) is 0 Å². The largest absolute Gasteiger partial charge is 0.420 e. The van der Waals surface area contributed by atoms with Crippen LogP contribution in [0.3, 0.4) is 0 Å². The molecule has 2 nitrogen and oxygen atoms in total. The second-order valence-corrected chi connectivity index (χ2v) is 1.51. The Labute approximate surface area is 46.1 Å². The Bertz CT molecular complexity index is 144. The summed E-state index contributed by atoms with van der Waals surface area (Å²) in [5.41, 5.74) is 0.682. The molecule has 0 unspecified atom stereocenters. The summed E-state index contributed by atoms with van der Waals surface area (Å²) in [6.45, 7) is 1.75. The van der Waals surface area contributed by atoms with Crippen LogP contribution < -0.4 is 0 Å². The van der Waals surface area contributed by atoms with Gasteiger partial charge in [-0.25, -0.2) is 4.98 Å². The Morgan fingerprint density at radius 1 is 1.86 bits per heavy atom. The molecule has 0 fully saturated rings. The van der Waals surface area contributed by atoms with Gasteiger partial charge in [0.1, 0.15) is 0 Å². The first-order valence-corrected chi connectivity index (χ1v) is 2.17. The molecule has 0 saturated heterocycles. The zero-order valence-corrected chi connectivity index (χ0v) is 4.49. The van der Waals surface area contributed by atoms with Gasteiger partial charge in [-0.2, -0.15) is 0 Å². The van der Waals surface area contributed by atoms with Gasteiger partial charge in [0.05, 0.1) is 5.69 Å². The predicted octanol–water partition coefficient (Wildman–Crippen LogP) is 1.44. The summed E-state index contributed by atoms with van der Waals surface area (Å²) in [6.07, 6.45) is 2.24. The topological polar surface area (TPSA) is 26.0 Å². The highest BCUT2D eigenvalue weighted by Crippen LogP contribution is 2.09. The van der Waals surface area contributed by atoms with Crippen LogP contribution in [0.2, 0.25) is 5.22 Å². The molecule has 0 aliphatic heterocycles. The van der Waals surface area contributed by atoms with Crippen LogP contribution in [0.4, 0.5) is 0 Å². The van der Waals surface area contributed by atoms with Crippen LogP contribution in [0, 0.1) is 13.3 Å². The Morgan fingerprint density at radius 2 is 2.57 bits per heavy atom. The molecule has 0 aliphatic rings. The zero-order valence-electron chi connectivity index (χ0n) is 3.73. The van der Waals surface area contributed by atoms with Crippen molar-refractivity contribution in [3.63, 3.8) is 0 Å². The maximum atomic E-state index is 5.36. The molecule has 1 rings (SSSR count). The summed E-state index contributed by atoms with van der Waals surface area (Å²) in [7, 11) is 0. The van der Waals surface area contributed by atoms with E-state index in [2.05, 4.69) is 15.8 Å². The molecule has 1 heterocycles. The molecule has 37 valence electrons. The molecule has 1 aromatic heterocycles. The van der Waals surface area contributed by atoms with Crippen LogP contribution >= 0.6 is 11.6 Å². The van der Waals surface area contributed by atoms with Gasteiger partial charge in [-0.1, -0.05) is 0 Å². The van der Waals surface area contributed by atoms with Crippen LogP contribution in [0.15, 0.2) is 4.42 Å². The molecule has 7 heavy (non-hydrogen) atoms. The number of hydrogen-bond donors (Lipinski definition) is 0. The molecule has 0 aromatic carbocycles. The molecule has 0 amide bonds. The first-order chi connectivity index (χ1) is 3.30. The lowest BCUT2D eigenvalue weighted by atomic mass is 10.6. The summed E-state index contributed by atoms with van der Waals surface area (Å²) >= 11 is 5.36. The second-order valence-electron chi connectivity index (χ2n) is 1.16. The van der Waals surface area contributed by atoms with E-state index in [0.717, 1.165) is 0 Å². The minimum absolute atomic E-state index is 0.319. The lowest BCUT2D eigenvalue weighted by molar-refractivity contribution is 0.549. The molecule has 0 N–H and O–H groups in total. The average molecular weight is 117 g/mol. The van der Waals surface area contributed by atoms with Crippen molar-refractivity contribution in [3.8, 4) is 0 Å². The van der Waals surface area contributed by atoms with Gasteiger partial charge >= 0.3 is 0 Å². The van der Waals surface area contributed by atoms with Crippen LogP contribution in [0.25, 0.3) is 0 Å². The van der Waals surface area contributed by atoms with E-state index in [0.29, 0.717) is 10.9 Å². The van der Waals surface area contributed by atoms with Crippen molar-refractivity contribution >= 4 is 11.6 Å². The third kappa shape index (κ3) is 0.747. The van der Waals surface area contributed by atoms with E-state index in [4.69, 9.17) is 11.6 Å². The fraction of sp³-hybridized carbons (Fsp3) is 0.250. The summed E-state index contributed by atoms with van der Waals surface area (Å²) in [5.74, 6) is 0. The van der Waals surface area contributed by atoms with E-state index >= 15 is 0 Å². The van der Waals surface area contributed by atoms with Gasteiger partial charge in [-0.05, 0) is 18.5 Å². The van der Waals surface area contributed by atoms with Crippen molar-refractivity contribution in [1.29, 1.82) is 0 Å². The van der Waals surface area contributed by atoms with Crippen LogP contribution in [-0.4, -0.2) is 4.98 Å². The number of aromatic nitrogens is 1. The number of rotatable bonds is 0. The zero-order chi connectivity index (χ0) is 5.28. The predicted molar refractivity (Wildman–Crippen MR) is 25.1 cm³/mol. The van der Waals surface area contributed by atoms with Crippen molar-refractivity contribution < 1.29 is 4.42 Å². The van der Waals surface area contributed by atoms with E-state index in [1.165, 1.54) is 0 Å². The number of oxazole rings is 1. The Kier molecular flexibility index (Phi) is 1.02. The van der Waals surface area contributed by atoms with E-state index in [1.54, 1.807) is 6.92 Å². The molecule has 3 heteroatoms. The monoisotopic (exact) mass is 116 g/mol. The molecule has 0 bridgehead atoms. The van der Waals surface area contributed by atoms with Gasteiger partial charge in [0.15, 0.2) is 0 Å². The summed E-state index contributed by atoms with van der Waals surface area (Å²) in [6, 6.07) is 0. The highest BCUT2D eigenvalue weighted by molar-refractivity contribution is 6.29. The molecule has 0 spiro atoms. The Balaban J connectivity index is 3.12. The van der Waals surface area contributed by atoms with E-state index in [1.807, 2.05) is 0 Å². The quantitative estimate of drug-likeness (QED) is 0.513. The lowest BCUT2D eigenvalue weighted by Gasteiger charge is -1.73. The van der Waals surface area contributed by atoms with E-state index in [-0.39, 0.29) is 0 Å². The van der Waals surface area contributed by atoms with Gasteiger partial charge in [0.25, 0.3) is 6.39 Å². The highest BCUT2D eigenvalue weighted by atomic mass is 35.5. The Hall–Kier alpha value is -0.500. The minimum Gasteiger partial charge on any atom is -0.420 e. The number of hydrogen-bond acceptors (Lipinski definition) is 2. The summed E-state index contributed by atoms with van der Waals surface area (Å²) in [5, 5.41) is 0.319. The van der Waals surface area contributed by atoms with Crippen LogP contribution in [-0.2, 0) is 0 Å². The second kappa shape index (κ2) is 1.54. The average Bonchev–Trinajstić information content (AvgIpc) is 1.91. The SMILES string of the molecule is Cc1n[c]oc1Cl. The van der Waals surface area contributed by atoms with Gasteiger partial charge in [-0.3, -0.25) is 0 Å². The molecule has 1 radical (unpaired) electrons. The lowest BCUT2D eigenvalue weighted by Crippen LogP contribution is -1.64. The minimum atomic E-state index is 0.319. The maximum Gasteiger partial charge on any atom is 0.285 e. The van der Waals surface area contributed by atoms with Gasteiger partial charge < -0.3 is 4.42 Å². The third-order valence-electron chi connectivity index (χ3n) is 0.633. The van der Waals surface area contributed by atoms with Crippen molar-refractivity contribution in [2.45, 2.75) is 6.92 Å². The molecule has 0 atom stereocenters. The molecular weight excluding hydrogens is 114 g/mol. The summed E-state index contributed by atoms with van der Waals surface area (Å²) in [4.78, 5) is 3.59. The van der Waals surface area contributed by atoms with E-state index in [9.17, 15) is 0 Å². The Morgan fingerprint density at radius 3 is 2.71 bits per heavy atom. The van der Waals surface area contributed by atoms with Crippen molar-refractivity contribution in [2.24, 2.45) is 0 Å². The normalized spacial score (nSPS) is 9.43. The number of aryl methyl sites for hydroxylation is 1. The first kappa shape index (κ1) is 4.65. The molecule has 0 aliphatic carbocycles. The summed E-state index contributed by atoms with van der Waals surface area (Å²) < 4.78 is 4.49. The first-order valence-electron chi connectivity index (χ1n) is 1.79. The van der Waals surface area contributed by atoms with Crippen molar-refractivity contribution in [3.05, 3.63) is 17.3 Å². The van der Waals surface area contributed by atoms with Gasteiger partial charge in [0.2, 0.25) is 5.22 Å². The van der Waals surface area contributed by atoms with Crippen molar-refractivity contribution in [1.82, 2.24) is 4.98 Å². The third-order valence-corrected chi connectivity index (χ3v) is 0.984. The smallest absolute Gasteiger partial charge is 0.285 e. The maximum absolute atomic E-state index is 5.36. The fourth-order valence-electron chi connectivity index (χ4n) is 0.249. The van der Waals surface area contributed by atoms with Crippen molar-refractivity contribution in [2.75, 3.05) is 0 Å². The molecule has 1 aromatic rings. The van der Waals surface area contributed by atoms with E-state index < -0.39 is 0 Å². The molecular formula is C4H3ClNO. The number of nitrogens with zero attached hydrogens (tertiary/aromatic N) is 1. The van der Waals surface area contributed by atoms with Crippen LogP contribution in [0.1, 0.15) is 5.69 Å².